The summed E-state index contributed by atoms with van der Waals surface area (Å²) in [5, 5.41) is 21.1. The van der Waals surface area contributed by atoms with Crippen molar-refractivity contribution in [3.8, 4) is 11.5 Å². The van der Waals surface area contributed by atoms with Gasteiger partial charge in [-0.15, -0.1) is 0 Å². The van der Waals surface area contributed by atoms with Gasteiger partial charge in [0.25, 0.3) is 0 Å². The number of methoxy groups -OCH3 is 2. The van der Waals surface area contributed by atoms with Gasteiger partial charge in [-0.3, -0.25) is 0 Å². The number of aliphatic hydroxyl groups is 1. The summed E-state index contributed by atoms with van der Waals surface area (Å²) in [6.07, 6.45) is 1.30. The molecule has 8 heteroatoms. The van der Waals surface area contributed by atoms with Crippen LogP contribution in [-0.2, 0) is 6.54 Å². The van der Waals surface area contributed by atoms with E-state index in [0.29, 0.717) is 47.8 Å². The fourth-order valence-electron chi connectivity index (χ4n) is 3.13. The lowest BCUT2D eigenvalue weighted by molar-refractivity contribution is 0.180. The summed E-state index contributed by atoms with van der Waals surface area (Å²) < 4.78 is 16.0. The third kappa shape index (κ3) is 6.66. The smallest absolute Gasteiger partial charge is 0.191 e. The average Bonchev–Trinajstić information content (AvgIpc) is 3.24. The number of hydrogen-bond donors (Lipinski definition) is 3. The van der Waals surface area contributed by atoms with Crippen LogP contribution in [0, 0.1) is 0 Å². The summed E-state index contributed by atoms with van der Waals surface area (Å²) in [5.74, 6) is 2.97. The fourth-order valence-corrected chi connectivity index (χ4v) is 3.13. The lowest BCUT2D eigenvalue weighted by atomic mass is 9.99. The second kappa shape index (κ2) is 12.1. The maximum absolute atomic E-state index is 10.6. The molecule has 0 fully saturated rings. The molecule has 0 aliphatic carbocycles. The number of guanidine groups is 1. The third-order valence-electron chi connectivity index (χ3n) is 4.94. The van der Waals surface area contributed by atoms with E-state index in [1.165, 1.54) is 0 Å². The van der Waals surface area contributed by atoms with E-state index in [2.05, 4.69) is 34.6 Å². The van der Waals surface area contributed by atoms with Crippen molar-refractivity contribution in [1.29, 1.82) is 0 Å². The summed E-state index contributed by atoms with van der Waals surface area (Å²) in [6.45, 7) is 7.63. The van der Waals surface area contributed by atoms with E-state index in [1.54, 1.807) is 32.4 Å². The molecule has 0 amide bonds. The molecule has 0 radical (unpaired) electrons. The molecule has 1 atom stereocenters. The number of nitrogens with one attached hydrogen (secondary N) is 2. The fraction of sp³-hybridized carbons (Fsp3) is 0.545. The third-order valence-corrected chi connectivity index (χ3v) is 4.94. The van der Waals surface area contributed by atoms with E-state index < -0.39 is 6.10 Å². The van der Waals surface area contributed by atoms with Crippen LogP contribution in [-0.4, -0.2) is 43.5 Å². The Balaban J connectivity index is 2.01. The zero-order chi connectivity index (χ0) is 21.9. The van der Waals surface area contributed by atoms with E-state index in [1.807, 2.05) is 13.0 Å². The Morgan fingerprint density at radius 3 is 2.30 bits per heavy atom. The van der Waals surface area contributed by atoms with Crippen LogP contribution >= 0.6 is 0 Å². The van der Waals surface area contributed by atoms with Gasteiger partial charge in [-0.05, 0) is 37.5 Å². The first-order valence-electron chi connectivity index (χ1n) is 10.4. The van der Waals surface area contributed by atoms with Crippen molar-refractivity contribution in [1.82, 2.24) is 15.8 Å². The van der Waals surface area contributed by atoms with Crippen LogP contribution in [0.25, 0.3) is 0 Å². The number of rotatable bonds is 11. The van der Waals surface area contributed by atoms with Crippen molar-refractivity contribution >= 4 is 5.96 Å². The van der Waals surface area contributed by atoms with Crippen LogP contribution in [0.1, 0.15) is 62.7 Å². The summed E-state index contributed by atoms with van der Waals surface area (Å²) >= 11 is 0. The summed E-state index contributed by atoms with van der Waals surface area (Å²) in [7, 11) is 3.16. The Morgan fingerprint density at radius 1 is 1.07 bits per heavy atom. The second-order valence-electron chi connectivity index (χ2n) is 6.97. The number of aromatic nitrogens is 1. The predicted octanol–water partition coefficient (Wildman–Crippen LogP) is 3.38. The molecule has 0 aliphatic rings. The van der Waals surface area contributed by atoms with Crippen molar-refractivity contribution in [3.05, 3.63) is 41.3 Å². The highest BCUT2D eigenvalue weighted by Crippen LogP contribution is 2.26. The Hall–Kier alpha value is -2.74. The van der Waals surface area contributed by atoms with Crippen LogP contribution in [0.15, 0.2) is 33.8 Å². The molecule has 166 valence electrons. The highest BCUT2D eigenvalue weighted by molar-refractivity contribution is 5.79. The van der Waals surface area contributed by atoms with Crippen molar-refractivity contribution < 1.29 is 19.1 Å². The van der Waals surface area contributed by atoms with Gasteiger partial charge < -0.3 is 29.7 Å². The quantitative estimate of drug-likeness (QED) is 0.380. The zero-order valence-electron chi connectivity index (χ0n) is 18.6. The summed E-state index contributed by atoms with van der Waals surface area (Å²) in [5.41, 5.74) is 1.67. The molecule has 8 nitrogen and oxygen atoms in total. The van der Waals surface area contributed by atoms with Crippen LogP contribution in [0.2, 0.25) is 0 Å². The van der Waals surface area contributed by atoms with Gasteiger partial charge >= 0.3 is 0 Å². The van der Waals surface area contributed by atoms with E-state index in [-0.39, 0.29) is 6.54 Å². The van der Waals surface area contributed by atoms with Crippen molar-refractivity contribution in [2.75, 3.05) is 27.3 Å². The van der Waals surface area contributed by atoms with Crippen LogP contribution in [0.3, 0.4) is 0 Å². The monoisotopic (exact) mass is 418 g/mol. The lowest BCUT2D eigenvalue weighted by Gasteiger charge is -2.17. The van der Waals surface area contributed by atoms with Gasteiger partial charge in [0, 0.05) is 31.1 Å². The molecule has 30 heavy (non-hydrogen) atoms. The summed E-state index contributed by atoms with van der Waals surface area (Å²) in [4.78, 5) is 4.54. The number of aliphatic hydroxyl groups excluding tert-OH is 1. The Kier molecular flexibility index (Phi) is 9.47. The SMILES string of the molecule is CCNC(=NCc1cc(C(CC)CC)no1)NCC(O)c1cc(OC)cc(OC)c1. The van der Waals surface area contributed by atoms with Gasteiger partial charge in [0.2, 0.25) is 0 Å². The number of ether oxygens (including phenoxy) is 2. The minimum absolute atomic E-state index is 0.275. The minimum atomic E-state index is -0.760. The van der Waals surface area contributed by atoms with Gasteiger partial charge in [-0.1, -0.05) is 19.0 Å². The van der Waals surface area contributed by atoms with E-state index >= 15 is 0 Å². The van der Waals surface area contributed by atoms with Crippen LogP contribution < -0.4 is 20.1 Å². The molecule has 0 bridgehead atoms. The highest BCUT2D eigenvalue weighted by Gasteiger charge is 2.14. The average molecular weight is 419 g/mol. The van der Waals surface area contributed by atoms with Crippen LogP contribution in [0.5, 0.6) is 11.5 Å². The summed E-state index contributed by atoms with van der Waals surface area (Å²) in [6, 6.07) is 7.31. The Morgan fingerprint density at radius 2 is 1.73 bits per heavy atom. The highest BCUT2D eigenvalue weighted by atomic mass is 16.5. The molecule has 1 heterocycles. The maximum atomic E-state index is 10.6. The molecule has 0 spiro atoms. The number of benzene rings is 1. The molecule has 1 aromatic carbocycles. The molecule has 1 unspecified atom stereocenters. The van der Waals surface area contributed by atoms with E-state index in [9.17, 15) is 5.11 Å². The first-order chi connectivity index (χ1) is 14.5. The maximum Gasteiger partial charge on any atom is 0.191 e. The molecular weight excluding hydrogens is 384 g/mol. The van der Waals surface area contributed by atoms with Gasteiger partial charge in [-0.25, -0.2) is 4.99 Å². The molecule has 1 aromatic heterocycles. The molecule has 3 N–H and O–H groups in total. The number of hydrogen-bond acceptors (Lipinski definition) is 6. The Bertz CT molecular complexity index is 780. The molecular formula is C22H34N4O4. The molecule has 2 rings (SSSR count). The number of aliphatic imine (C=N–C) groups is 1. The first kappa shape index (κ1) is 23.5. The molecule has 2 aromatic rings. The first-order valence-corrected chi connectivity index (χ1v) is 10.4. The molecule has 0 saturated heterocycles. The van der Waals surface area contributed by atoms with Crippen LogP contribution in [0.4, 0.5) is 0 Å². The zero-order valence-corrected chi connectivity index (χ0v) is 18.6. The van der Waals surface area contributed by atoms with Gasteiger partial charge in [0.05, 0.1) is 26.0 Å². The minimum Gasteiger partial charge on any atom is -0.497 e. The second-order valence-corrected chi connectivity index (χ2v) is 6.97. The van der Waals surface area contributed by atoms with E-state index in [4.69, 9.17) is 14.0 Å². The van der Waals surface area contributed by atoms with Gasteiger partial charge in [0.1, 0.15) is 18.0 Å². The lowest BCUT2D eigenvalue weighted by Crippen LogP contribution is -2.39. The number of nitrogens with zero attached hydrogens (tertiary/aromatic N) is 2. The predicted molar refractivity (Wildman–Crippen MR) is 117 cm³/mol. The molecule has 0 saturated carbocycles. The van der Waals surface area contributed by atoms with Crippen molar-refractivity contribution in [3.63, 3.8) is 0 Å². The van der Waals surface area contributed by atoms with Gasteiger partial charge in [0.15, 0.2) is 11.7 Å². The van der Waals surface area contributed by atoms with E-state index in [0.717, 1.165) is 18.5 Å². The normalized spacial score (nSPS) is 12.7. The Labute approximate surface area is 178 Å². The topological polar surface area (TPSA) is 101 Å². The van der Waals surface area contributed by atoms with Crippen molar-refractivity contribution in [2.24, 2.45) is 4.99 Å². The van der Waals surface area contributed by atoms with Crippen molar-refractivity contribution in [2.45, 2.75) is 52.2 Å². The van der Waals surface area contributed by atoms with Gasteiger partial charge in [-0.2, -0.15) is 0 Å². The largest absolute Gasteiger partial charge is 0.497 e. The standard InChI is InChI=1S/C22H34N4O4/c1-6-15(7-2)20-12-19(30-26-20)13-24-22(23-8-3)25-14-21(27)16-9-17(28-4)11-18(10-16)29-5/h9-12,15,21,27H,6-8,13-14H2,1-5H3,(H2,23,24,25). The molecule has 0 aliphatic heterocycles.